The van der Waals surface area contributed by atoms with Crippen LogP contribution in [0.15, 0.2) is 63.6 Å². The van der Waals surface area contributed by atoms with E-state index >= 15 is 0 Å². The van der Waals surface area contributed by atoms with Crippen molar-refractivity contribution >= 4 is 34.7 Å². The number of nitrogens with zero attached hydrogens (tertiary/aromatic N) is 3. The molecule has 0 bridgehead atoms. The Balaban J connectivity index is 1.55. The van der Waals surface area contributed by atoms with Crippen LogP contribution in [-0.4, -0.2) is 45.7 Å². The van der Waals surface area contributed by atoms with E-state index in [9.17, 15) is 0 Å². The lowest BCUT2D eigenvalue weighted by Crippen LogP contribution is -2.48. The third kappa shape index (κ3) is 4.62. The molecule has 3 aromatic rings. The lowest BCUT2D eigenvalue weighted by Gasteiger charge is -2.38. The summed E-state index contributed by atoms with van der Waals surface area (Å²) in [5.74, 6) is 1.07. The van der Waals surface area contributed by atoms with Crippen molar-refractivity contribution in [3.63, 3.8) is 0 Å². The third-order valence-electron chi connectivity index (χ3n) is 6.42. The van der Waals surface area contributed by atoms with Gasteiger partial charge in [0.25, 0.3) is 5.89 Å². The summed E-state index contributed by atoms with van der Waals surface area (Å²) < 4.78 is 11.7. The number of hydrogen-bond acceptors (Lipinski definition) is 6. The molecule has 1 saturated heterocycles. The van der Waals surface area contributed by atoms with Crippen LogP contribution >= 0.6 is 24.0 Å². The number of thiocarbonyl (C=S) groups is 1. The highest BCUT2D eigenvalue weighted by Crippen LogP contribution is 2.38. The molecule has 0 aliphatic carbocycles. The SMILES string of the molecule is CSc1ccc(-c2noc(C3=C(C)N(CC4CCCO4)C(=S)NC3c3ccc(C)cc3)n2)cc1. The largest absolute Gasteiger partial charge is 0.376 e. The van der Waals surface area contributed by atoms with Crippen molar-refractivity contribution in [1.82, 2.24) is 20.4 Å². The lowest BCUT2D eigenvalue weighted by atomic mass is 9.94. The first kappa shape index (κ1) is 23.1. The topological polar surface area (TPSA) is 63.4 Å². The Labute approximate surface area is 209 Å². The summed E-state index contributed by atoms with van der Waals surface area (Å²) in [6.45, 7) is 5.68. The van der Waals surface area contributed by atoms with Gasteiger partial charge in [-0.1, -0.05) is 35.0 Å². The maximum atomic E-state index is 5.89. The van der Waals surface area contributed by atoms with Crippen LogP contribution in [0.25, 0.3) is 17.0 Å². The van der Waals surface area contributed by atoms with Crippen molar-refractivity contribution in [2.24, 2.45) is 0 Å². The molecule has 2 aliphatic rings. The van der Waals surface area contributed by atoms with E-state index in [-0.39, 0.29) is 12.1 Å². The van der Waals surface area contributed by atoms with Gasteiger partial charge in [0.15, 0.2) is 5.11 Å². The molecule has 2 unspecified atom stereocenters. The zero-order valence-electron chi connectivity index (χ0n) is 19.6. The summed E-state index contributed by atoms with van der Waals surface area (Å²) in [4.78, 5) is 8.12. The molecule has 176 valence electrons. The van der Waals surface area contributed by atoms with Gasteiger partial charge in [-0.25, -0.2) is 0 Å². The molecular formula is C26H28N4O2S2. The lowest BCUT2D eigenvalue weighted by molar-refractivity contribution is 0.0962. The van der Waals surface area contributed by atoms with Crippen LogP contribution in [0.5, 0.6) is 0 Å². The summed E-state index contributed by atoms with van der Waals surface area (Å²) in [6.07, 6.45) is 4.35. The van der Waals surface area contributed by atoms with Crippen molar-refractivity contribution in [2.75, 3.05) is 19.4 Å². The average Bonchev–Trinajstić information content (AvgIpc) is 3.54. The minimum Gasteiger partial charge on any atom is -0.376 e. The highest BCUT2D eigenvalue weighted by atomic mass is 32.2. The predicted octanol–water partition coefficient (Wildman–Crippen LogP) is 5.61. The van der Waals surface area contributed by atoms with Gasteiger partial charge in [-0.15, -0.1) is 11.8 Å². The second-order valence-corrected chi connectivity index (χ2v) is 9.96. The number of ether oxygens (including phenoxy) is 1. The first-order valence-electron chi connectivity index (χ1n) is 11.5. The van der Waals surface area contributed by atoms with Crippen LogP contribution in [0.1, 0.15) is 42.8 Å². The van der Waals surface area contributed by atoms with Crippen molar-refractivity contribution < 1.29 is 9.26 Å². The Morgan fingerprint density at radius 1 is 1.12 bits per heavy atom. The Kier molecular flexibility index (Phi) is 6.72. The molecule has 5 rings (SSSR count). The molecule has 0 saturated carbocycles. The Bertz CT molecular complexity index is 1200. The zero-order chi connectivity index (χ0) is 23.7. The van der Waals surface area contributed by atoms with Crippen LogP contribution < -0.4 is 5.32 Å². The van der Waals surface area contributed by atoms with Gasteiger partial charge in [-0.05, 0) is 75.0 Å². The van der Waals surface area contributed by atoms with E-state index < -0.39 is 0 Å². The molecule has 0 spiro atoms. The molecule has 0 amide bonds. The van der Waals surface area contributed by atoms with Crippen LogP contribution in [0.4, 0.5) is 0 Å². The van der Waals surface area contributed by atoms with Gasteiger partial charge in [0, 0.05) is 22.8 Å². The van der Waals surface area contributed by atoms with E-state index in [1.807, 2.05) is 12.1 Å². The Morgan fingerprint density at radius 3 is 2.56 bits per heavy atom. The van der Waals surface area contributed by atoms with E-state index in [2.05, 4.69) is 71.9 Å². The Hall–Kier alpha value is -2.68. The first-order chi connectivity index (χ1) is 16.5. The van der Waals surface area contributed by atoms with E-state index in [1.54, 1.807) is 11.8 Å². The van der Waals surface area contributed by atoms with Crippen LogP contribution in [0.3, 0.4) is 0 Å². The number of allylic oxidation sites excluding steroid dienone is 1. The minimum absolute atomic E-state index is 0.167. The molecule has 34 heavy (non-hydrogen) atoms. The molecule has 1 N–H and O–H groups in total. The average molecular weight is 493 g/mol. The van der Waals surface area contributed by atoms with E-state index in [0.29, 0.717) is 23.4 Å². The summed E-state index contributed by atoms with van der Waals surface area (Å²) in [7, 11) is 0. The molecule has 3 heterocycles. The number of benzene rings is 2. The third-order valence-corrected chi connectivity index (χ3v) is 7.50. The molecule has 6 nitrogen and oxygen atoms in total. The second kappa shape index (κ2) is 9.90. The number of hydrogen-bond donors (Lipinski definition) is 1. The second-order valence-electron chi connectivity index (χ2n) is 8.69. The number of thioether (sulfide) groups is 1. The number of aryl methyl sites for hydroxylation is 1. The number of nitrogens with one attached hydrogen (secondary N) is 1. The van der Waals surface area contributed by atoms with Gasteiger partial charge in [0.1, 0.15) is 0 Å². The molecule has 2 aliphatic heterocycles. The highest BCUT2D eigenvalue weighted by Gasteiger charge is 2.35. The van der Waals surface area contributed by atoms with Crippen LogP contribution in [0.2, 0.25) is 0 Å². The van der Waals surface area contributed by atoms with E-state index in [4.69, 9.17) is 26.5 Å². The highest BCUT2D eigenvalue weighted by molar-refractivity contribution is 7.98. The molecule has 2 atom stereocenters. The van der Waals surface area contributed by atoms with Crippen LogP contribution in [0, 0.1) is 6.92 Å². The zero-order valence-corrected chi connectivity index (χ0v) is 21.2. The molecular weight excluding hydrogens is 464 g/mol. The van der Waals surface area contributed by atoms with Crippen molar-refractivity contribution in [2.45, 2.75) is 43.7 Å². The van der Waals surface area contributed by atoms with Crippen molar-refractivity contribution in [1.29, 1.82) is 0 Å². The Morgan fingerprint density at radius 2 is 1.88 bits per heavy atom. The predicted molar refractivity (Wildman–Crippen MR) is 139 cm³/mol. The summed E-state index contributed by atoms with van der Waals surface area (Å²) in [5, 5.41) is 8.53. The van der Waals surface area contributed by atoms with Gasteiger partial charge >= 0.3 is 0 Å². The summed E-state index contributed by atoms with van der Waals surface area (Å²) in [6, 6.07) is 16.5. The molecule has 1 fully saturated rings. The van der Waals surface area contributed by atoms with Crippen molar-refractivity contribution in [3.8, 4) is 11.4 Å². The maximum Gasteiger partial charge on any atom is 0.258 e. The van der Waals surface area contributed by atoms with Crippen molar-refractivity contribution in [3.05, 3.63) is 71.2 Å². The summed E-state index contributed by atoms with van der Waals surface area (Å²) in [5.41, 5.74) is 5.18. The normalized spacial score (nSPS) is 20.7. The number of rotatable bonds is 6. The quantitative estimate of drug-likeness (QED) is 0.352. The minimum atomic E-state index is -0.180. The van der Waals surface area contributed by atoms with Crippen LogP contribution in [-0.2, 0) is 4.74 Å². The van der Waals surface area contributed by atoms with Gasteiger partial charge < -0.3 is 19.5 Å². The maximum absolute atomic E-state index is 5.89. The standard InChI is InChI=1S/C26H28N4O2S2/c1-16-6-8-18(9-7-16)23-22(17(2)30(26(33)27-23)15-20-5-4-14-31-20)25-28-24(29-32-25)19-10-12-21(34-3)13-11-19/h6-13,20,23H,4-5,14-15H2,1-3H3,(H,27,33). The first-order valence-corrected chi connectivity index (χ1v) is 13.1. The number of aromatic nitrogens is 2. The molecule has 2 aromatic carbocycles. The van der Waals surface area contributed by atoms with E-state index in [0.717, 1.165) is 41.8 Å². The molecule has 0 radical (unpaired) electrons. The van der Waals surface area contributed by atoms with Gasteiger partial charge in [0.2, 0.25) is 5.82 Å². The fourth-order valence-electron chi connectivity index (χ4n) is 4.47. The smallest absolute Gasteiger partial charge is 0.258 e. The fourth-order valence-corrected chi connectivity index (χ4v) is 5.21. The van der Waals surface area contributed by atoms with Gasteiger partial charge in [0.05, 0.1) is 24.3 Å². The summed E-state index contributed by atoms with van der Waals surface area (Å²) >= 11 is 7.51. The van der Waals surface area contributed by atoms with E-state index in [1.165, 1.54) is 10.5 Å². The fraction of sp³-hybridized carbons (Fsp3) is 0.346. The molecule has 8 heteroatoms. The molecule has 1 aromatic heterocycles. The van der Waals surface area contributed by atoms with Gasteiger partial charge in [-0.2, -0.15) is 4.98 Å². The monoisotopic (exact) mass is 492 g/mol. The van der Waals surface area contributed by atoms with Gasteiger partial charge in [-0.3, -0.25) is 0 Å².